The standard InChI is InChI=1S/C33H43N5O2S/c1-20-15-22(3)34-30(40-6)26(20)18-36-13-10-27-28(31(36)39)23(4)29(41-27)32(5)19-33(32)11-7-24(8-12-33)37-16-25(17-37)38-14-9-21(2)35-38/h9,14-15,24-25H,7-8,10-13,16-19H2,1-6H3/t24?,32-,33?/m1/s1. The zero-order valence-electron chi connectivity index (χ0n) is 25.4. The molecule has 0 unspecified atom stereocenters. The maximum absolute atomic E-state index is 13.9. The molecule has 2 aliphatic heterocycles. The number of thiophene rings is 1. The predicted molar refractivity (Wildman–Crippen MR) is 162 cm³/mol. The second kappa shape index (κ2) is 9.66. The van der Waals surface area contributed by atoms with E-state index in [1.54, 1.807) is 7.11 Å². The van der Waals surface area contributed by atoms with E-state index in [4.69, 9.17) is 4.74 Å². The lowest BCUT2D eigenvalue weighted by atomic mass is 9.76. The van der Waals surface area contributed by atoms with E-state index in [1.807, 2.05) is 23.2 Å². The van der Waals surface area contributed by atoms with Gasteiger partial charge in [-0.15, -0.1) is 11.3 Å². The van der Waals surface area contributed by atoms with Gasteiger partial charge in [0, 0.05) is 64.7 Å². The molecule has 7 rings (SSSR count). The van der Waals surface area contributed by atoms with Gasteiger partial charge in [-0.25, -0.2) is 4.98 Å². The molecule has 2 aliphatic carbocycles. The van der Waals surface area contributed by atoms with Crippen LogP contribution >= 0.6 is 11.3 Å². The number of aryl methyl sites for hydroxylation is 3. The minimum atomic E-state index is 0.176. The van der Waals surface area contributed by atoms with Crippen LogP contribution in [-0.4, -0.2) is 63.3 Å². The van der Waals surface area contributed by atoms with Crippen molar-refractivity contribution in [2.75, 3.05) is 26.7 Å². The minimum absolute atomic E-state index is 0.176. The summed E-state index contributed by atoms with van der Waals surface area (Å²) in [6.45, 7) is 14.4. The molecule has 41 heavy (non-hydrogen) atoms. The molecule has 0 aromatic carbocycles. The third-order valence-corrected chi connectivity index (χ3v) is 12.6. The minimum Gasteiger partial charge on any atom is -0.481 e. The largest absolute Gasteiger partial charge is 0.481 e. The summed E-state index contributed by atoms with van der Waals surface area (Å²) in [5, 5.41) is 4.63. The van der Waals surface area contributed by atoms with Crippen molar-refractivity contribution in [3.8, 4) is 5.88 Å². The predicted octanol–water partition coefficient (Wildman–Crippen LogP) is 5.93. The van der Waals surface area contributed by atoms with Gasteiger partial charge in [-0.05, 0) is 88.5 Å². The number of hydrogen-bond donors (Lipinski definition) is 0. The molecule has 1 amide bonds. The fourth-order valence-electron chi connectivity index (χ4n) is 8.38. The number of carbonyl (C=O) groups is 1. The summed E-state index contributed by atoms with van der Waals surface area (Å²) in [5.41, 5.74) is 7.02. The van der Waals surface area contributed by atoms with E-state index in [-0.39, 0.29) is 11.3 Å². The van der Waals surface area contributed by atoms with E-state index in [2.05, 4.69) is 65.7 Å². The Morgan fingerprint density at radius 1 is 1.10 bits per heavy atom. The maximum atomic E-state index is 13.9. The number of aromatic nitrogens is 3. The lowest BCUT2D eigenvalue weighted by Gasteiger charge is -2.47. The Bertz CT molecular complexity index is 1510. The number of methoxy groups -OCH3 is 1. The molecule has 2 saturated carbocycles. The van der Waals surface area contributed by atoms with Crippen LogP contribution in [0.25, 0.3) is 0 Å². The average Bonchev–Trinajstić information content (AvgIpc) is 3.17. The van der Waals surface area contributed by atoms with Crippen molar-refractivity contribution in [1.29, 1.82) is 0 Å². The first-order valence-corrected chi connectivity index (χ1v) is 16.1. The second-order valence-corrected chi connectivity index (χ2v) is 14.6. The highest BCUT2D eigenvalue weighted by atomic mass is 32.1. The molecule has 0 bridgehead atoms. The van der Waals surface area contributed by atoms with Crippen LogP contribution in [0.15, 0.2) is 18.3 Å². The first-order valence-electron chi connectivity index (χ1n) is 15.3. The van der Waals surface area contributed by atoms with Gasteiger partial charge in [-0.3, -0.25) is 14.4 Å². The number of pyridine rings is 1. The molecular formula is C33H43N5O2S. The van der Waals surface area contributed by atoms with E-state index >= 15 is 0 Å². The van der Waals surface area contributed by atoms with E-state index in [0.29, 0.717) is 29.9 Å². The van der Waals surface area contributed by atoms with Gasteiger partial charge in [0.05, 0.1) is 31.0 Å². The Morgan fingerprint density at radius 2 is 1.85 bits per heavy atom. The molecule has 3 aromatic heterocycles. The van der Waals surface area contributed by atoms with Crippen LogP contribution in [0.1, 0.15) is 93.3 Å². The molecule has 5 heterocycles. The number of rotatable bonds is 6. The molecule has 1 spiro atoms. The quantitative estimate of drug-likeness (QED) is 0.366. The van der Waals surface area contributed by atoms with Crippen molar-refractivity contribution in [1.82, 2.24) is 24.6 Å². The van der Waals surface area contributed by atoms with Crippen LogP contribution in [0, 0.1) is 33.1 Å². The summed E-state index contributed by atoms with van der Waals surface area (Å²) in [5.74, 6) is 0.812. The molecule has 1 atom stereocenters. The molecule has 4 aliphatic rings. The Balaban J connectivity index is 1.03. The smallest absolute Gasteiger partial charge is 0.255 e. The summed E-state index contributed by atoms with van der Waals surface area (Å²) in [6, 6.07) is 5.43. The van der Waals surface area contributed by atoms with E-state index in [9.17, 15) is 4.79 Å². The highest BCUT2D eigenvalue weighted by Crippen LogP contribution is 2.72. The lowest BCUT2D eigenvalue weighted by molar-refractivity contribution is 0.0239. The summed E-state index contributed by atoms with van der Waals surface area (Å²) >= 11 is 1.94. The van der Waals surface area contributed by atoms with Gasteiger partial charge in [-0.1, -0.05) is 6.92 Å². The van der Waals surface area contributed by atoms with Crippen LogP contribution in [0.2, 0.25) is 0 Å². The van der Waals surface area contributed by atoms with Crippen LogP contribution in [0.5, 0.6) is 5.88 Å². The molecule has 0 N–H and O–H groups in total. The molecule has 0 radical (unpaired) electrons. The fraction of sp³-hybridized carbons (Fsp3) is 0.606. The van der Waals surface area contributed by atoms with Crippen molar-refractivity contribution in [3.63, 3.8) is 0 Å². The van der Waals surface area contributed by atoms with Crippen LogP contribution in [0.4, 0.5) is 0 Å². The lowest BCUT2D eigenvalue weighted by Crippen LogP contribution is -2.54. The third-order valence-electron chi connectivity index (χ3n) is 11.0. The third kappa shape index (κ3) is 4.27. The fourth-order valence-corrected chi connectivity index (χ4v) is 9.93. The van der Waals surface area contributed by atoms with Gasteiger partial charge in [0.1, 0.15) is 0 Å². The van der Waals surface area contributed by atoms with E-state index in [1.165, 1.54) is 47.4 Å². The number of likely N-dealkylation sites (tertiary alicyclic amines) is 1. The summed E-state index contributed by atoms with van der Waals surface area (Å²) < 4.78 is 7.76. The summed E-state index contributed by atoms with van der Waals surface area (Å²) in [6.07, 6.45) is 9.53. The first-order chi connectivity index (χ1) is 19.6. The van der Waals surface area contributed by atoms with E-state index < -0.39 is 0 Å². The Labute approximate surface area is 247 Å². The Hall–Kier alpha value is -2.71. The van der Waals surface area contributed by atoms with Gasteiger partial charge in [0.15, 0.2) is 0 Å². The highest BCUT2D eigenvalue weighted by molar-refractivity contribution is 7.12. The number of amides is 1. The van der Waals surface area contributed by atoms with Crippen molar-refractivity contribution in [2.45, 2.75) is 97.2 Å². The zero-order valence-corrected chi connectivity index (χ0v) is 26.2. The van der Waals surface area contributed by atoms with Gasteiger partial charge in [0.25, 0.3) is 5.91 Å². The summed E-state index contributed by atoms with van der Waals surface area (Å²) in [7, 11) is 1.66. The number of fused-ring (bicyclic) bond motifs is 1. The molecule has 8 heteroatoms. The van der Waals surface area contributed by atoms with Crippen LogP contribution in [0.3, 0.4) is 0 Å². The van der Waals surface area contributed by atoms with Crippen LogP contribution in [-0.2, 0) is 18.4 Å². The first kappa shape index (κ1) is 27.1. The second-order valence-electron chi connectivity index (χ2n) is 13.5. The number of ether oxygens (including phenoxy) is 1. The van der Waals surface area contributed by atoms with Crippen molar-refractivity contribution in [2.24, 2.45) is 5.41 Å². The molecule has 1 saturated heterocycles. The van der Waals surface area contributed by atoms with Gasteiger partial charge >= 0.3 is 0 Å². The molecule has 3 fully saturated rings. The maximum Gasteiger partial charge on any atom is 0.255 e. The van der Waals surface area contributed by atoms with Crippen LogP contribution < -0.4 is 4.74 Å². The molecule has 218 valence electrons. The average molecular weight is 574 g/mol. The Morgan fingerprint density at radius 3 is 2.54 bits per heavy atom. The molecular weight excluding hydrogens is 530 g/mol. The molecule has 3 aromatic rings. The number of hydrogen-bond acceptors (Lipinski definition) is 6. The van der Waals surface area contributed by atoms with Crippen molar-refractivity contribution >= 4 is 17.2 Å². The van der Waals surface area contributed by atoms with Gasteiger partial charge in [0.2, 0.25) is 5.88 Å². The highest BCUT2D eigenvalue weighted by Gasteiger charge is 2.66. The monoisotopic (exact) mass is 573 g/mol. The zero-order chi connectivity index (χ0) is 28.7. The van der Waals surface area contributed by atoms with Crippen molar-refractivity contribution < 1.29 is 9.53 Å². The Kier molecular flexibility index (Phi) is 6.40. The topological polar surface area (TPSA) is 63.5 Å². The summed E-state index contributed by atoms with van der Waals surface area (Å²) in [4.78, 5) is 26.0. The van der Waals surface area contributed by atoms with Gasteiger partial charge in [-0.2, -0.15) is 5.10 Å². The van der Waals surface area contributed by atoms with Gasteiger partial charge < -0.3 is 9.64 Å². The van der Waals surface area contributed by atoms with Crippen molar-refractivity contribution in [3.05, 3.63) is 61.7 Å². The molecule has 7 nitrogen and oxygen atoms in total. The SMILES string of the molecule is COc1nc(C)cc(C)c1CN1CCc2sc([C@@]3(C)CC34CCC(N3CC(n5ccc(C)n5)C3)CC4)c(C)c2C1=O. The number of carbonyl (C=O) groups excluding carboxylic acids is 1. The van der Waals surface area contributed by atoms with E-state index in [0.717, 1.165) is 54.1 Å². The number of nitrogens with zero attached hydrogens (tertiary/aromatic N) is 5. The normalized spacial score (nSPS) is 28.2.